The quantitative estimate of drug-likeness (QED) is 0.793. The monoisotopic (exact) mass is 234 g/mol. The molecule has 7 nitrogen and oxygen atoms in total. The van der Waals surface area contributed by atoms with Crippen LogP contribution in [0.4, 0.5) is 11.6 Å². The lowest BCUT2D eigenvalue weighted by Crippen LogP contribution is -2.08. The zero-order valence-electron chi connectivity index (χ0n) is 9.77. The molecule has 2 aromatic rings. The molecule has 0 spiro atoms. The van der Waals surface area contributed by atoms with Crippen LogP contribution < -0.4 is 10.6 Å². The minimum Gasteiger partial charge on any atom is -0.372 e. The highest BCUT2D eigenvalue weighted by molar-refractivity contribution is 5.40. The average Bonchev–Trinajstić information content (AvgIpc) is 2.75. The second-order valence-electron chi connectivity index (χ2n) is 3.45. The first-order valence-corrected chi connectivity index (χ1v) is 5.31. The molecule has 0 aliphatic heterocycles. The van der Waals surface area contributed by atoms with Gasteiger partial charge < -0.3 is 15.2 Å². The van der Waals surface area contributed by atoms with Gasteiger partial charge in [0.15, 0.2) is 5.82 Å². The highest BCUT2D eigenvalue weighted by atomic mass is 16.5. The standard InChI is InChI=1S/C10H14N6O/c1-7-14-8(16-17-7)3-4-13-10-6-12-5-9(11-2)15-10/h5-6H,3-4H2,1-2H3,(H2,11,13,15). The van der Waals surface area contributed by atoms with Crippen molar-refractivity contribution in [1.29, 1.82) is 0 Å². The molecule has 0 radical (unpaired) electrons. The largest absolute Gasteiger partial charge is 0.372 e. The van der Waals surface area contributed by atoms with Crippen LogP contribution in [0.2, 0.25) is 0 Å². The summed E-state index contributed by atoms with van der Waals surface area (Å²) in [6, 6.07) is 0. The molecule has 0 saturated carbocycles. The van der Waals surface area contributed by atoms with Gasteiger partial charge in [0.1, 0.15) is 11.6 Å². The fourth-order valence-electron chi connectivity index (χ4n) is 1.32. The second kappa shape index (κ2) is 5.24. The Labute approximate surface area is 98.7 Å². The second-order valence-corrected chi connectivity index (χ2v) is 3.45. The number of nitrogens with one attached hydrogen (secondary N) is 2. The molecule has 0 amide bonds. The van der Waals surface area contributed by atoms with Crippen LogP contribution in [-0.2, 0) is 6.42 Å². The lowest BCUT2D eigenvalue weighted by molar-refractivity contribution is 0.387. The van der Waals surface area contributed by atoms with Gasteiger partial charge in [-0.2, -0.15) is 4.98 Å². The summed E-state index contributed by atoms with van der Waals surface area (Å²) < 4.78 is 4.88. The zero-order valence-corrected chi connectivity index (χ0v) is 9.77. The summed E-state index contributed by atoms with van der Waals surface area (Å²) in [6.45, 7) is 2.45. The molecule has 2 N–H and O–H groups in total. The van der Waals surface area contributed by atoms with Crippen molar-refractivity contribution in [2.24, 2.45) is 0 Å². The van der Waals surface area contributed by atoms with E-state index in [0.29, 0.717) is 24.7 Å². The van der Waals surface area contributed by atoms with Crippen molar-refractivity contribution >= 4 is 11.6 Å². The lowest BCUT2D eigenvalue weighted by Gasteiger charge is -2.04. The van der Waals surface area contributed by atoms with E-state index in [9.17, 15) is 0 Å². The first kappa shape index (κ1) is 11.3. The third kappa shape index (κ3) is 3.13. The Kier molecular flexibility index (Phi) is 3.49. The summed E-state index contributed by atoms with van der Waals surface area (Å²) in [6.07, 6.45) is 4.01. The van der Waals surface area contributed by atoms with Gasteiger partial charge in [-0.15, -0.1) is 0 Å². The van der Waals surface area contributed by atoms with E-state index in [2.05, 4.69) is 30.7 Å². The number of anilines is 2. The minimum atomic E-state index is 0.581. The maximum atomic E-state index is 4.88. The number of hydrogen-bond donors (Lipinski definition) is 2. The van der Waals surface area contributed by atoms with Gasteiger partial charge in [-0.05, 0) is 0 Å². The van der Waals surface area contributed by atoms with Crippen LogP contribution in [0.25, 0.3) is 0 Å². The van der Waals surface area contributed by atoms with E-state index in [1.165, 1.54) is 0 Å². The number of aromatic nitrogens is 4. The third-order valence-corrected chi connectivity index (χ3v) is 2.12. The van der Waals surface area contributed by atoms with Gasteiger partial charge in [0.2, 0.25) is 5.89 Å². The van der Waals surface area contributed by atoms with Crippen LogP contribution in [0.1, 0.15) is 11.7 Å². The molecular formula is C10H14N6O. The van der Waals surface area contributed by atoms with E-state index in [0.717, 1.165) is 11.6 Å². The predicted molar refractivity (Wildman–Crippen MR) is 62.8 cm³/mol. The molecule has 0 atom stereocenters. The molecule has 0 aliphatic carbocycles. The van der Waals surface area contributed by atoms with E-state index < -0.39 is 0 Å². The molecular weight excluding hydrogens is 220 g/mol. The highest BCUT2D eigenvalue weighted by Crippen LogP contribution is 2.05. The smallest absolute Gasteiger partial charge is 0.223 e. The Balaban J connectivity index is 1.85. The molecule has 2 aromatic heterocycles. The van der Waals surface area contributed by atoms with Crippen molar-refractivity contribution in [3.63, 3.8) is 0 Å². The SMILES string of the molecule is CNc1cncc(NCCc2noc(C)n2)n1. The molecule has 90 valence electrons. The number of hydrogen-bond acceptors (Lipinski definition) is 7. The van der Waals surface area contributed by atoms with Crippen molar-refractivity contribution < 1.29 is 4.52 Å². The Hall–Kier alpha value is -2.18. The van der Waals surface area contributed by atoms with Crippen molar-refractivity contribution in [3.05, 3.63) is 24.1 Å². The molecule has 0 saturated heterocycles. The summed E-state index contributed by atoms with van der Waals surface area (Å²) >= 11 is 0. The van der Waals surface area contributed by atoms with E-state index in [1.54, 1.807) is 26.4 Å². The molecule has 2 rings (SSSR count). The molecule has 0 aliphatic rings. The van der Waals surface area contributed by atoms with Crippen molar-refractivity contribution in [1.82, 2.24) is 20.1 Å². The summed E-state index contributed by atoms with van der Waals surface area (Å²) in [7, 11) is 1.80. The fraction of sp³-hybridized carbons (Fsp3) is 0.400. The third-order valence-electron chi connectivity index (χ3n) is 2.12. The molecule has 17 heavy (non-hydrogen) atoms. The fourth-order valence-corrected chi connectivity index (χ4v) is 1.32. The van der Waals surface area contributed by atoms with E-state index in [4.69, 9.17) is 4.52 Å². The first-order chi connectivity index (χ1) is 8.28. The first-order valence-electron chi connectivity index (χ1n) is 5.31. The van der Waals surface area contributed by atoms with Crippen molar-refractivity contribution in [2.75, 3.05) is 24.2 Å². The maximum absolute atomic E-state index is 4.88. The average molecular weight is 234 g/mol. The van der Waals surface area contributed by atoms with Crippen LogP contribution in [0, 0.1) is 6.92 Å². The zero-order chi connectivity index (χ0) is 12.1. The minimum absolute atomic E-state index is 0.581. The predicted octanol–water partition coefficient (Wildman–Crippen LogP) is 0.864. The van der Waals surface area contributed by atoms with Crippen molar-refractivity contribution in [2.45, 2.75) is 13.3 Å². The Bertz CT molecular complexity index is 483. The Morgan fingerprint density at radius 3 is 2.76 bits per heavy atom. The Morgan fingerprint density at radius 1 is 1.24 bits per heavy atom. The van der Waals surface area contributed by atoms with Gasteiger partial charge in [0, 0.05) is 26.9 Å². The van der Waals surface area contributed by atoms with Crippen LogP contribution in [-0.4, -0.2) is 33.7 Å². The summed E-state index contributed by atoms with van der Waals surface area (Å²) in [5.41, 5.74) is 0. The topological polar surface area (TPSA) is 88.8 Å². The lowest BCUT2D eigenvalue weighted by atomic mass is 10.4. The van der Waals surface area contributed by atoms with Gasteiger partial charge in [0.25, 0.3) is 0 Å². The molecule has 0 fully saturated rings. The molecule has 2 heterocycles. The summed E-state index contributed by atoms with van der Waals surface area (Å²) in [5, 5.41) is 9.87. The van der Waals surface area contributed by atoms with Gasteiger partial charge >= 0.3 is 0 Å². The van der Waals surface area contributed by atoms with Crippen LogP contribution in [0.5, 0.6) is 0 Å². The van der Waals surface area contributed by atoms with Crippen LogP contribution >= 0.6 is 0 Å². The number of nitrogens with zero attached hydrogens (tertiary/aromatic N) is 4. The molecule has 7 heteroatoms. The summed E-state index contributed by atoms with van der Waals surface area (Å²) in [4.78, 5) is 12.4. The van der Waals surface area contributed by atoms with Gasteiger partial charge in [-0.3, -0.25) is 4.98 Å². The van der Waals surface area contributed by atoms with Gasteiger partial charge in [0.05, 0.1) is 12.4 Å². The van der Waals surface area contributed by atoms with Gasteiger partial charge in [-0.25, -0.2) is 4.98 Å². The molecule has 0 aromatic carbocycles. The van der Waals surface area contributed by atoms with Gasteiger partial charge in [-0.1, -0.05) is 5.16 Å². The normalized spacial score (nSPS) is 10.2. The van der Waals surface area contributed by atoms with E-state index in [-0.39, 0.29) is 0 Å². The highest BCUT2D eigenvalue weighted by Gasteiger charge is 2.02. The van der Waals surface area contributed by atoms with E-state index >= 15 is 0 Å². The van der Waals surface area contributed by atoms with E-state index in [1.807, 2.05) is 0 Å². The van der Waals surface area contributed by atoms with Crippen molar-refractivity contribution in [3.8, 4) is 0 Å². The number of aryl methyl sites for hydroxylation is 1. The number of rotatable bonds is 5. The maximum Gasteiger partial charge on any atom is 0.223 e. The Morgan fingerprint density at radius 2 is 2.06 bits per heavy atom. The summed E-state index contributed by atoms with van der Waals surface area (Å²) in [5.74, 6) is 2.71. The van der Waals surface area contributed by atoms with Crippen LogP contribution in [0.15, 0.2) is 16.9 Å². The molecule has 0 unspecified atom stereocenters. The van der Waals surface area contributed by atoms with Crippen LogP contribution in [0.3, 0.4) is 0 Å². The molecule has 0 bridgehead atoms.